The van der Waals surface area contributed by atoms with Gasteiger partial charge < -0.3 is 23.7 Å². The van der Waals surface area contributed by atoms with Crippen molar-refractivity contribution in [1.29, 1.82) is 0 Å². The summed E-state index contributed by atoms with van der Waals surface area (Å²) < 4.78 is 21.5. The summed E-state index contributed by atoms with van der Waals surface area (Å²) in [4.78, 5) is 28.2. The Hall–Kier alpha value is -2.99. The standard InChI is InChI=1S/C27H43N7O4Si/c1-19(2)34-17-29-24(31-34)21-16-33(18-36-13-14-39(6,7)8)25-23(21)30-22(15-28-25)37-20-9-11-32(12-10-20)26(35)38-27(3,4)5/h15-17,19-20H,9-14,18H2,1-8H3. The van der Waals surface area contributed by atoms with E-state index in [9.17, 15) is 4.79 Å². The van der Waals surface area contributed by atoms with Gasteiger partial charge >= 0.3 is 6.09 Å². The van der Waals surface area contributed by atoms with E-state index in [1.54, 1.807) is 17.4 Å². The molecule has 0 N–H and O–H groups in total. The predicted molar refractivity (Wildman–Crippen MR) is 152 cm³/mol. The molecule has 0 aromatic carbocycles. The fraction of sp³-hybridized carbons (Fsp3) is 0.667. The molecular weight excluding hydrogens is 514 g/mol. The Kier molecular flexibility index (Phi) is 8.65. The molecule has 4 rings (SSSR count). The SMILES string of the molecule is CC(C)n1cnc(-c2cn(COCC[Si](C)(C)C)c3ncc(OC4CCN(C(=O)OC(C)(C)C)CC4)nc23)n1. The highest BCUT2D eigenvalue weighted by Crippen LogP contribution is 2.29. The summed E-state index contributed by atoms with van der Waals surface area (Å²) >= 11 is 0. The summed E-state index contributed by atoms with van der Waals surface area (Å²) in [7, 11) is -1.19. The van der Waals surface area contributed by atoms with Crippen LogP contribution in [0, 0.1) is 0 Å². The third-order valence-electron chi connectivity index (χ3n) is 6.43. The van der Waals surface area contributed by atoms with Gasteiger partial charge in [0, 0.05) is 52.9 Å². The molecule has 0 spiro atoms. The zero-order valence-electron chi connectivity index (χ0n) is 24.6. The van der Waals surface area contributed by atoms with Crippen molar-refractivity contribution in [2.75, 3.05) is 19.7 Å². The van der Waals surface area contributed by atoms with Crippen LogP contribution in [0.4, 0.5) is 4.79 Å². The average molecular weight is 558 g/mol. The first kappa shape index (κ1) is 29.0. The highest BCUT2D eigenvalue weighted by atomic mass is 28.3. The second-order valence-electron chi connectivity index (χ2n) is 12.7. The molecule has 39 heavy (non-hydrogen) atoms. The molecule has 0 aliphatic carbocycles. The number of ether oxygens (including phenoxy) is 3. The number of hydrogen-bond acceptors (Lipinski definition) is 8. The maximum atomic E-state index is 12.4. The molecule has 12 heteroatoms. The van der Waals surface area contributed by atoms with Crippen LogP contribution in [0.1, 0.15) is 53.5 Å². The lowest BCUT2D eigenvalue weighted by Crippen LogP contribution is -2.44. The summed E-state index contributed by atoms with van der Waals surface area (Å²) in [5.41, 5.74) is 1.65. The molecule has 1 aliphatic rings. The molecule has 0 unspecified atom stereocenters. The first-order valence-corrected chi connectivity index (χ1v) is 17.5. The van der Waals surface area contributed by atoms with Crippen molar-refractivity contribution in [2.24, 2.45) is 0 Å². The number of fused-ring (bicyclic) bond motifs is 1. The van der Waals surface area contributed by atoms with Gasteiger partial charge in [-0.15, -0.1) is 0 Å². The van der Waals surface area contributed by atoms with E-state index < -0.39 is 13.7 Å². The quantitative estimate of drug-likeness (QED) is 0.255. The van der Waals surface area contributed by atoms with Crippen LogP contribution < -0.4 is 4.74 Å². The van der Waals surface area contributed by atoms with Gasteiger partial charge in [-0.3, -0.25) is 0 Å². The van der Waals surface area contributed by atoms with Crippen LogP contribution in [0.2, 0.25) is 25.7 Å². The maximum absolute atomic E-state index is 12.4. The molecule has 3 aromatic heterocycles. The number of carbonyl (C=O) groups is 1. The van der Waals surface area contributed by atoms with Crippen molar-refractivity contribution in [2.45, 2.75) is 97.6 Å². The van der Waals surface area contributed by atoms with Crippen LogP contribution in [-0.2, 0) is 16.2 Å². The zero-order valence-corrected chi connectivity index (χ0v) is 25.6. The van der Waals surface area contributed by atoms with Crippen molar-refractivity contribution in [3.63, 3.8) is 0 Å². The summed E-state index contributed by atoms with van der Waals surface area (Å²) in [6.45, 7) is 19.0. The summed E-state index contributed by atoms with van der Waals surface area (Å²) in [5.74, 6) is 1.03. The van der Waals surface area contributed by atoms with Crippen LogP contribution >= 0.6 is 0 Å². The monoisotopic (exact) mass is 557 g/mol. The van der Waals surface area contributed by atoms with E-state index in [1.165, 1.54) is 0 Å². The topological polar surface area (TPSA) is 109 Å². The third kappa shape index (κ3) is 7.78. The van der Waals surface area contributed by atoms with Crippen LogP contribution in [0.3, 0.4) is 0 Å². The van der Waals surface area contributed by atoms with Gasteiger partial charge in [0.15, 0.2) is 11.5 Å². The van der Waals surface area contributed by atoms with Gasteiger partial charge in [-0.05, 0) is 40.7 Å². The van der Waals surface area contributed by atoms with Crippen molar-refractivity contribution in [1.82, 2.24) is 34.2 Å². The molecule has 1 fully saturated rings. The van der Waals surface area contributed by atoms with Gasteiger partial charge in [0.2, 0.25) is 5.88 Å². The zero-order chi connectivity index (χ0) is 28.4. The molecule has 0 radical (unpaired) electrons. The molecule has 3 aromatic rings. The number of nitrogens with zero attached hydrogens (tertiary/aromatic N) is 7. The number of likely N-dealkylation sites (tertiary alicyclic amines) is 1. The van der Waals surface area contributed by atoms with Crippen LogP contribution in [0.25, 0.3) is 22.6 Å². The Morgan fingerprint density at radius 1 is 1.15 bits per heavy atom. The third-order valence-corrected chi connectivity index (χ3v) is 8.13. The largest absolute Gasteiger partial charge is 0.473 e. The number of amides is 1. The molecular formula is C27H43N7O4Si. The van der Waals surface area contributed by atoms with Gasteiger partial charge in [-0.25, -0.2) is 24.4 Å². The number of aromatic nitrogens is 6. The Morgan fingerprint density at radius 2 is 1.87 bits per heavy atom. The fourth-order valence-electron chi connectivity index (χ4n) is 4.20. The molecule has 1 saturated heterocycles. The summed E-state index contributed by atoms with van der Waals surface area (Å²) in [6.07, 6.45) is 6.39. The van der Waals surface area contributed by atoms with Gasteiger partial charge in [0.25, 0.3) is 0 Å². The number of rotatable bonds is 9. The van der Waals surface area contributed by atoms with Crippen LogP contribution in [-0.4, -0.2) is 79.8 Å². The second-order valence-corrected chi connectivity index (χ2v) is 18.3. The number of hydrogen-bond donors (Lipinski definition) is 0. The van der Waals surface area contributed by atoms with Crippen LogP contribution in [0.5, 0.6) is 5.88 Å². The minimum atomic E-state index is -1.19. The maximum Gasteiger partial charge on any atom is 0.410 e. The van der Waals surface area contributed by atoms with Gasteiger partial charge in [-0.2, -0.15) is 5.10 Å². The molecule has 0 bridgehead atoms. The van der Waals surface area contributed by atoms with E-state index in [1.807, 2.05) is 36.2 Å². The van der Waals surface area contributed by atoms with Gasteiger partial charge in [0.1, 0.15) is 30.3 Å². The molecule has 11 nitrogen and oxygen atoms in total. The van der Waals surface area contributed by atoms with E-state index >= 15 is 0 Å². The van der Waals surface area contributed by atoms with Crippen molar-refractivity contribution < 1.29 is 19.0 Å². The highest BCUT2D eigenvalue weighted by molar-refractivity contribution is 6.76. The Labute approximate surface area is 231 Å². The fourth-order valence-corrected chi connectivity index (χ4v) is 4.95. The van der Waals surface area contributed by atoms with Gasteiger partial charge in [-0.1, -0.05) is 19.6 Å². The number of carbonyl (C=O) groups excluding carboxylic acids is 1. The normalized spacial score (nSPS) is 15.4. The molecule has 1 aliphatic heterocycles. The first-order valence-electron chi connectivity index (χ1n) is 13.8. The summed E-state index contributed by atoms with van der Waals surface area (Å²) in [6, 6.07) is 1.29. The molecule has 214 valence electrons. The first-order chi connectivity index (χ1) is 18.3. The minimum Gasteiger partial charge on any atom is -0.473 e. The smallest absolute Gasteiger partial charge is 0.410 e. The van der Waals surface area contributed by atoms with E-state index in [4.69, 9.17) is 24.2 Å². The second kappa shape index (κ2) is 11.6. The van der Waals surface area contributed by atoms with Crippen LogP contribution in [0.15, 0.2) is 18.7 Å². The van der Waals surface area contributed by atoms with E-state index in [2.05, 4.69) is 43.6 Å². The Balaban J connectivity index is 1.50. The van der Waals surface area contributed by atoms with Crippen molar-refractivity contribution in [3.8, 4) is 17.3 Å². The van der Waals surface area contributed by atoms with E-state index in [0.717, 1.165) is 11.6 Å². The number of piperidine rings is 1. The van der Waals surface area contributed by atoms with Crippen molar-refractivity contribution >= 4 is 25.3 Å². The van der Waals surface area contributed by atoms with Gasteiger partial charge in [0.05, 0.1) is 11.8 Å². The van der Waals surface area contributed by atoms with Crippen molar-refractivity contribution in [3.05, 3.63) is 18.7 Å². The molecule has 0 saturated carbocycles. The summed E-state index contributed by atoms with van der Waals surface area (Å²) in [5, 5.41) is 4.67. The predicted octanol–water partition coefficient (Wildman–Crippen LogP) is 5.36. The molecule has 4 heterocycles. The Bertz CT molecular complexity index is 1270. The lowest BCUT2D eigenvalue weighted by molar-refractivity contribution is 0.0123. The Morgan fingerprint density at radius 3 is 2.49 bits per heavy atom. The lowest BCUT2D eigenvalue weighted by Gasteiger charge is -2.33. The van der Waals surface area contributed by atoms with E-state index in [0.29, 0.717) is 62.1 Å². The molecule has 0 atom stereocenters. The lowest BCUT2D eigenvalue weighted by atomic mass is 10.1. The average Bonchev–Trinajstić information content (AvgIpc) is 3.46. The van der Waals surface area contributed by atoms with E-state index in [-0.39, 0.29) is 18.2 Å². The minimum absolute atomic E-state index is 0.0656. The highest BCUT2D eigenvalue weighted by Gasteiger charge is 2.28. The molecule has 1 amide bonds.